The molecular weight excluding hydrogens is 276 g/mol. The molecule has 0 unspecified atom stereocenters. The molecule has 0 spiro atoms. The van der Waals surface area contributed by atoms with Crippen LogP contribution in [-0.2, 0) is 17.9 Å². The molecule has 1 N–H and O–H groups in total. The molecule has 0 saturated heterocycles. The standard InChI is InChI=1S/C18H22N2O2/c1-18(2,3)17(21)20-12-14-7-6-9-16(11-14)22-13-15-8-4-5-10-19-15/h4-11H,12-13H2,1-3H3,(H,20,21). The number of hydrogen-bond acceptors (Lipinski definition) is 3. The lowest BCUT2D eigenvalue weighted by Gasteiger charge is -2.17. The number of pyridine rings is 1. The Morgan fingerprint density at radius 3 is 2.68 bits per heavy atom. The van der Waals surface area contributed by atoms with Gasteiger partial charge in [-0.05, 0) is 29.8 Å². The van der Waals surface area contributed by atoms with E-state index in [-0.39, 0.29) is 11.3 Å². The molecule has 0 aliphatic rings. The lowest BCUT2D eigenvalue weighted by molar-refractivity contribution is -0.128. The summed E-state index contributed by atoms with van der Waals surface area (Å²) in [6.07, 6.45) is 1.75. The number of nitrogens with one attached hydrogen (secondary N) is 1. The number of carbonyl (C=O) groups excluding carboxylic acids is 1. The zero-order valence-corrected chi connectivity index (χ0v) is 13.3. The van der Waals surface area contributed by atoms with Crippen molar-refractivity contribution in [1.82, 2.24) is 10.3 Å². The van der Waals surface area contributed by atoms with Crippen LogP contribution in [0, 0.1) is 5.41 Å². The van der Waals surface area contributed by atoms with Crippen LogP contribution in [0.3, 0.4) is 0 Å². The molecular formula is C18H22N2O2. The molecule has 4 heteroatoms. The predicted octanol–water partition coefficient (Wildman–Crippen LogP) is 3.32. The maximum atomic E-state index is 11.9. The van der Waals surface area contributed by atoms with Gasteiger partial charge in [0.15, 0.2) is 0 Å². The van der Waals surface area contributed by atoms with Gasteiger partial charge >= 0.3 is 0 Å². The van der Waals surface area contributed by atoms with Crippen molar-refractivity contribution >= 4 is 5.91 Å². The van der Waals surface area contributed by atoms with Crippen molar-refractivity contribution < 1.29 is 9.53 Å². The van der Waals surface area contributed by atoms with E-state index < -0.39 is 0 Å². The van der Waals surface area contributed by atoms with Crippen molar-refractivity contribution in [3.8, 4) is 5.75 Å². The Morgan fingerprint density at radius 2 is 2.00 bits per heavy atom. The summed E-state index contributed by atoms with van der Waals surface area (Å²) < 4.78 is 5.73. The highest BCUT2D eigenvalue weighted by atomic mass is 16.5. The highest BCUT2D eigenvalue weighted by molar-refractivity contribution is 5.81. The van der Waals surface area contributed by atoms with Crippen LogP contribution in [0.25, 0.3) is 0 Å². The summed E-state index contributed by atoms with van der Waals surface area (Å²) in [4.78, 5) is 16.1. The fourth-order valence-corrected chi connectivity index (χ4v) is 1.83. The second-order valence-electron chi connectivity index (χ2n) is 6.19. The van der Waals surface area contributed by atoms with Crippen LogP contribution >= 0.6 is 0 Å². The Balaban J connectivity index is 1.91. The first kappa shape index (κ1) is 16.0. The van der Waals surface area contributed by atoms with Crippen LogP contribution in [0.15, 0.2) is 48.7 Å². The van der Waals surface area contributed by atoms with Crippen LogP contribution in [0.2, 0.25) is 0 Å². The Bertz CT molecular complexity index is 618. The Labute approximate surface area is 131 Å². The topological polar surface area (TPSA) is 51.2 Å². The normalized spacial score (nSPS) is 11.0. The van der Waals surface area contributed by atoms with E-state index in [1.165, 1.54) is 0 Å². The third-order valence-corrected chi connectivity index (χ3v) is 3.15. The average Bonchev–Trinajstić information content (AvgIpc) is 2.51. The van der Waals surface area contributed by atoms with Gasteiger partial charge in [-0.3, -0.25) is 9.78 Å². The molecule has 0 atom stereocenters. The molecule has 0 bridgehead atoms. The molecule has 2 rings (SSSR count). The highest BCUT2D eigenvalue weighted by Gasteiger charge is 2.20. The Morgan fingerprint density at radius 1 is 1.18 bits per heavy atom. The number of nitrogens with zero attached hydrogens (tertiary/aromatic N) is 1. The molecule has 0 fully saturated rings. The van der Waals surface area contributed by atoms with Crippen LogP contribution < -0.4 is 10.1 Å². The van der Waals surface area contributed by atoms with Crippen LogP contribution in [0.4, 0.5) is 0 Å². The van der Waals surface area contributed by atoms with E-state index in [4.69, 9.17) is 4.74 Å². The smallest absolute Gasteiger partial charge is 0.225 e. The number of hydrogen-bond donors (Lipinski definition) is 1. The number of aromatic nitrogens is 1. The molecule has 22 heavy (non-hydrogen) atoms. The van der Waals surface area contributed by atoms with Gasteiger partial charge in [-0.25, -0.2) is 0 Å². The van der Waals surface area contributed by atoms with E-state index in [0.717, 1.165) is 17.0 Å². The lowest BCUT2D eigenvalue weighted by Crippen LogP contribution is -2.34. The largest absolute Gasteiger partial charge is 0.487 e. The van der Waals surface area contributed by atoms with Gasteiger partial charge in [-0.15, -0.1) is 0 Å². The summed E-state index contributed by atoms with van der Waals surface area (Å²) in [6, 6.07) is 13.5. The third-order valence-electron chi connectivity index (χ3n) is 3.15. The average molecular weight is 298 g/mol. The summed E-state index contributed by atoms with van der Waals surface area (Å²) in [5.74, 6) is 0.806. The second kappa shape index (κ2) is 7.07. The van der Waals surface area contributed by atoms with Gasteiger partial charge in [0.1, 0.15) is 12.4 Å². The molecule has 1 heterocycles. The summed E-state index contributed by atoms with van der Waals surface area (Å²) in [6.45, 7) is 6.62. The molecule has 0 radical (unpaired) electrons. The summed E-state index contributed by atoms with van der Waals surface area (Å²) in [7, 11) is 0. The molecule has 0 aliphatic carbocycles. The van der Waals surface area contributed by atoms with Crippen molar-refractivity contribution in [2.75, 3.05) is 0 Å². The Hall–Kier alpha value is -2.36. The molecule has 1 aromatic heterocycles. The van der Waals surface area contributed by atoms with E-state index >= 15 is 0 Å². The van der Waals surface area contributed by atoms with Gasteiger partial charge in [0.25, 0.3) is 0 Å². The quantitative estimate of drug-likeness (QED) is 0.921. The van der Waals surface area contributed by atoms with Gasteiger partial charge in [0.05, 0.1) is 5.69 Å². The Kier molecular flexibility index (Phi) is 5.15. The maximum absolute atomic E-state index is 11.9. The minimum absolute atomic E-state index is 0.0345. The van der Waals surface area contributed by atoms with Crippen molar-refractivity contribution in [3.63, 3.8) is 0 Å². The summed E-state index contributed by atoms with van der Waals surface area (Å²) in [5, 5.41) is 2.93. The minimum atomic E-state index is -0.382. The van der Waals surface area contributed by atoms with Crippen molar-refractivity contribution in [3.05, 3.63) is 59.9 Å². The molecule has 2 aromatic rings. The first-order valence-electron chi connectivity index (χ1n) is 7.35. The fraction of sp³-hybridized carbons (Fsp3) is 0.333. The van der Waals surface area contributed by atoms with Crippen LogP contribution in [0.5, 0.6) is 5.75 Å². The van der Waals surface area contributed by atoms with E-state index in [1.807, 2.05) is 63.2 Å². The molecule has 4 nitrogen and oxygen atoms in total. The third kappa shape index (κ3) is 4.88. The molecule has 0 saturated carbocycles. The van der Waals surface area contributed by atoms with E-state index in [2.05, 4.69) is 10.3 Å². The number of carbonyl (C=O) groups is 1. The molecule has 1 amide bonds. The van der Waals surface area contributed by atoms with Crippen LogP contribution in [-0.4, -0.2) is 10.9 Å². The zero-order valence-electron chi connectivity index (χ0n) is 13.3. The number of rotatable bonds is 5. The minimum Gasteiger partial charge on any atom is -0.487 e. The molecule has 0 aliphatic heterocycles. The van der Waals surface area contributed by atoms with Gasteiger partial charge in [0, 0.05) is 18.2 Å². The van der Waals surface area contributed by atoms with Gasteiger partial charge in [-0.2, -0.15) is 0 Å². The molecule has 116 valence electrons. The number of amides is 1. The summed E-state index contributed by atoms with van der Waals surface area (Å²) >= 11 is 0. The van der Waals surface area contributed by atoms with Crippen molar-refractivity contribution in [2.45, 2.75) is 33.9 Å². The lowest BCUT2D eigenvalue weighted by atomic mass is 9.95. The predicted molar refractivity (Wildman–Crippen MR) is 86.3 cm³/mol. The van der Waals surface area contributed by atoms with Gasteiger partial charge in [-0.1, -0.05) is 39.0 Å². The number of ether oxygens (including phenoxy) is 1. The highest BCUT2D eigenvalue weighted by Crippen LogP contribution is 2.16. The van der Waals surface area contributed by atoms with Crippen molar-refractivity contribution in [2.24, 2.45) is 5.41 Å². The number of benzene rings is 1. The van der Waals surface area contributed by atoms with E-state index in [1.54, 1.807) is 6.20 Å². The fourth-order valence-electron chi connectivity index (χ4n) is 1.83. The van der Waals surface area contributed by atoms with E-state index in [9.17, 15) is 4.79 Å². The first-order valence-corrected chi connectivity index (χ1v) is 7.35. The second-order valence-corrected chi connectivity index (χ2v) is 6.19. The maximum Gasteiger partial charge on any atom is 0.225 e. The summed E-state index contributed by atoms with van der Waals surface area (Å²) in [5.41, 5.74) is 1.51. The first-order chi connectivity index (χ1) is 10.4. The van der Waals surface area contributed by atoms with Crippen LogP contribution in [0.1, 0.15) is 32.0 Å². The van der Waals surface area contributed by atoms with Gasteiger partial charge in [0.2, 0.25) is 5.91 Å². The van der Waals surface area contributed by atoms with Crippen molar-refractivity contribution in [1.29, 1.82) is 0 Å². The monoisotopic (exact) mass is 298 g/mol. The zero-order chi connectivity index (χ0) is 16.0. The molecule has 1 aromatic carbocycles. The van der Waals surface area contributed by atoms with Gasteiger partial charge < -0.3 is 10.1 Å². The van der Waals surface area contributed by atoms with E-state index in [0.29, 0.717) is 13.2 Å². The SMILES string of the molecule is CC(C)(C)C(=O)NCc1cccc(OCc2ccccn2)c1.